The molecule has 0 saturated carbocycles. The maximum Gasteiger partial charge on any atom is 0.338 e. The van der Waals surface area contributed by atoms with E-state index in [9.17, 15) is 9.59 Å². The number of halogens is 1. The highest BCUT2D eigenvalue weighted by Gasteiger charge is 2.42. The summed E-state index contributed by atoms with van der Waals surface area (Å²) in [7, 11) is 0. The lowest BCUT2D eigenvalue weighted by Gasteiger charge is -2.37. The number of carbonyl (C=O) groups excluding carboxylic acids is 2. The van der Waals surface area contributed by atoms with Gasteiger partial charge in [-0.15, -0.1) is 0 Å². The molecule has 0 aliphatic carbocycles. The van der Waals surface area contributed by atoms with Crippen molar-refractivity contribution >= 4 is 40.4 Å². The summed E-state index contributed by atoms with van der Waals surface area (Å²) in [5, 5.41) is 6.19. The van der Waals surface area contributed by atoms with Crippen molar-refractivity contribution in [2.24, 2.45) is 4.99 Å². The topological polar surface area (TPSA) is 80.2 Å². The molecular weight excluding hydrogens is 474 g/mol. The van der Waals surface area contributed by atoms with Gasteiger partial charge in [-0.05, 0) is 63.6 Å². The molecule has 1 N–H and O–H groups in total. The normalized spacial score (nSPS) is 22.3. The molecule has 0 bridgehead atoms. The first-order valence-electron chi connectivity index (χ1n) is 11.4. The maximum atomic E-state index is 13.3. The van der Waals surface area contributed by atoms with Gasteiger partial charge in [0.1, 0.15) is 5.60 Å². The smallest absolute Gasteiger partial charge is 0.338 e. The van der Waals surface area contributed by atoms with Crippen LogP contribution >= 0.6 is 23.4 Å². The highest BCUT2D eigenvalue weighted by Crippen LogP contribution is 2.45. The number of hydrogen-bond acceptors (Lipinski definition) is 7. The van der Waals surface area contributed by atoms with Gasteiger partial charge >= 0.3 is 5.97 Å². The van der Waals surface area contributed by atoms with Crippen molar-refractivity contribution in [3.05, 3.63) is 57.2 Å². The van der Waals surface area contributed by atoms with Gasteiger partial charge in [-0.3, -0.25) is 4.79 Å². The Balaban J connectivity index is 1.62. The summed E-state index contributed by atoms with van der Waals surface area (Å²) < 4.78 is 11.3. The summed E-state index contributed by atoms with van der Waals surface area (Å²) >= 11 is 7.77. The van der Waals surface area contributed by atoms with Crippen LogP contribution in [-0.2, 0) is 19.1 Å². The van der Waals surface area contributed by atoms with Gasteiger partial charge in [0.15, 0.2) is 5.17 Å². The Hall–Kier alpha value is -2.29. The number of fused-ring (bicyclic) bond motifs is 1. The molecule has 2 unspecified atom stereocenters. The number of thioether (sulfide) groups is 1. The number of carbonyl (C=O) groups is 2. The van der Waals surface area contributed by atoms with Crippen molar-refractivity contribution < 1.29 is 19.1 Å². The standard InChI is InChI=1S/C25H30ClN3O4S/c1-15-21(23(31)33-25(2,3)4)22(16-7-5-8-17(26)11-16)29-18(14-34-24(29)28-15)12-20(30)27-13-19-9-6-10-32-19/h5,7-8,11,14,19,22H,6,9-10,12-13H2,1-4H3,(H,27,30). The lowest BCUT2D eigenvalue weighted by molar-refractivity contribution is -0.150. The number of esters is 1. The molecule has 1 aromatic rings. The largest absolute Gasteiger partial charge is 0.456 e. The fraction of sp³-hybridized carbons (Fsp3) is 0.480. The minimum atomic E-state index is -0.659. The van der Waals surface area contributed by atoms with Crippen LogP contribution in [0.1, 0.15) is 58.6 Å². The predicted molar refractivity (Wildman–Crippen MR) is 134 cm³/mol. The molecule has 7 nitrogen and oxygen atoms in total. The number of nitrogens with zero attached hydrogens (tertiary/aromatic N) is 2. The van der Waals surface area contributed by atoms with Crippen LogP contribution in [0.5, 0.6) is 0 Å². The van der Waals surface area contributed by atoms with E-state index in [0.717, 1.165) is 35.9 Å². The fourth-order valence-corrected chi connectivity index (χ4v) is 5.38. The molecule has 34 heavy (non-hydrogen) atoms. The van der Waals surface area contributed by atoms with Crippen molar-refractivity contribution in [3.8, 4) is 0 Å². The molecule has 0 spiro atoms. The van der Waals surface area contributed by atoms with Crippen molar-refractivity contribution in [2.75, 3.05) is 13.2 Å². The van der Waals surface area contributed by atoms with E-state index in [2.05, 4.69) is 10.3 Å². The second-order valence-electron chi connectivity index (χ2n) is 9.57. The first-order chi connectivity index (χ1) is 16.1. The average Bonchev–Trinajstić information content (AvgIpc) is 3.40. The van der Waals surface area contributed by atoms with E-state index in [4.69, 9.17) is 21.1 Å². The number of amides is 1. The summed E-state index contributed by atoms with van der Waals surface area (Å²) in [6.45, 7) is 8.57. The maximum absolute atomic E-state index is 13.3. The van der Waals surface area contributed by atoms with Crippen LogP contribution in [0.2, 0.25) is 5.02 Å². The molecule has 0 aromatic heterocycles. The first kappa shape index (κ1) is 24.8. The van der Waals surface area contributed by atoms with Crippen LogP contribution in [0.15, 0.2) is 51.6 Å². The Kier molecular flexibility index (Phi) is 7.40. The van der Waals surface area contributed by atoms with Crippen LogP contribution in [0, 0.1) is 0 Å². The van der Waals surface area contributed by atoms with E-state index in [1.807, 2.05) is 56.2 Å². The van der Waals surface area contributed by atoms with Gasteiger partial charge in [0.05, 0.1) is 29.8 Å². The van der Waals surface area contributed by atoms with E-state index >= 15 is 0 Å². The zero-order valence-electron chi connectivity index (χ0n) is 19.9. The van der Waals surface area contributed by atoms with Crippen molar-refractivity contribution in [2.45, 2.75) is 64.7 Å². The van der Waals surface area contributed by atoms with E-state index in [-0.39, 0.29) is 18.4 Å². The van der Waals surface area contributed by atoms with Gasteiger partial charge < -0.3 is 19.7 Å². The van der Waals surface area contributed by atoms with Crippen LogP contribution in [0.25, 0.3) is 0 Å². The molecule has 182 valence electrons. The number of allylic oxidation sites excluding steroid dienone is 1. The minimum Gasteiger partial charge on any atom is -0.456 e. The third-order valence-corrected chi connectivity index (χ3v) is 6.80. The molecule has 2 atom stereocenters. The lowest BCUT2D eigenvalue weighted by atomic mass is 9.93. The minimum absolute atomic E-state index is 0.0755. The van der Waals surface area contributed by atoms with Crippen LogP contribution in [0.3, 0.4) is 0 Å². The number of aliphatic imine (C=N–C) groups is 1. The zero-order chi connectivity index (χ0) is 24.5. The first-order valence-corrected chi connectivity index (χ1v) is 12.7. The Morgan fingerprint density at radius 3 is 2.82 bits per heavy atom. The van der Waals surface area contributed by atoms with Crippen molar-refractivity contribution in [3.63, 3.8) is 0 Å². The molecule has 3 aliphatic rings. The molecular formula is C25H30ClN3O4S. The van der Waals surface area contributed by atoms with Crippen molar-refractivity contribution in [1.82, 2.24) is 10.2 Å². The molecule has 9 heteroatoms. The van der Waals surface area contributed by atoms with E-state index in [0.29, 0.717) is 22.8 Å². The third-order valence-electron chi connectivity index (χ3n) is 5.68. The molecule has 1 fully saturated rings. The summed E-state index contributed by atoms with van der Waals surface area (Å²) in [5.41, 5.74) is 1.97. The summed E-state index contributed by atoms with van der Waals surface area (Å²) in [4.78, 5) is 32.8. The van der Waals surface area contributed by atoms with Crippen molar-refractivity contribution in [1.29, 1.82) is 0 Å². The van der Waals surface area contributed by atoms with E-state index in [1.54, 1.807) is 6.07 Å². The number of nitrogens with one attached hydrogen (secondary N) is 1. The second-order valence-corrected chi connectivity index (χ2v) is 10.8. The number of hydrogen-bond donors (Lipinski definition) is 1. The highest BCUT2D eigenvalue weighted by molar-refractivity contribution is 8.16. The van der Waals surface area contributed by atoms with Crippen LogP contribution < -0.4 is 5.32 Å². The summed E-state index contributed by atoms with van der Waals surface area (Å²) in [6, 6.07) is 6.90. The summed E-state index contributed by atoms with van der Waals surface area (Å²) in [5.74, 6) is -0.532. The molecule has 0 radical (unpaired) electrons. The number of benzene rings is 1. The Bertz CT molecular complexity index is 1070. The van der Waals surface area contributed by atoms with Gasteiger partial charge in [-0.25, -0.2) is 9.79 Å². The Morgan fingerprint density at radius 2 is 2.15 bits per heavy atom. The molecule has 3 aliphatic heterocycles. The zero-order valence-corrected chi connectivity index (χ0v) is 21.5. The summed E-state index contributed by atoms with van der Waals surface area (Å²) in [6.07, 6.45) is 2.22. The van der Waals surface area contributed by atoms with Crippen LogP contribution in [0.4, 0.5) is 0 Å². The van der Waals surface area contributed by atoms with Gasteiger partial charge in [0.25, 0.3) is 0 Å². The molecule has 4 rings (SSSR count). The monoisotopic (exact) mass is 503 g/mol. The Morgan fingerprint density at radius 1 is 1.35 bits per heavy atom. The van der Waals surface area contributed by atoms with Gasteiger partial charge in [-0.1, -0.05) is 35.5 Å². The molecule has 1 saturated heterocycles. The predicted octanol–water partition coefficient (Wildman–Crippen LogP) is 4.94. The fourth-order valence-electron chi connectivity index (χ4n) is 4.22. The second kappa shape index (κ2) is 10.1. The molecule has 3 heterocycles. The molecule has 1 aromatic carbocycles. The highest BCUT2D eigenvalue weighted by atomic mass is 35.5. The Labute approximate surface area is 209 Å². The van der Waals surface area contributed by atoms with E-state index < -0.39 is 17.6 Å². The van der Waals surface area contributed by atoms with Gasteiger partial charge in [0.2, 0.25) is 5.91 Å². The third kappa shape index (κ3) is 5.67. The lowest BCUT2D eigenvalue weighted by Crippen LogP contribution is -2.39. The number of ether oxygens (including phenoxy) is 2. The quantitative estimate of drug-likeness (QED) is 0.554. The van der Waals surface area contributed by atoms with Gasteiger partial charge in [0, 0.05) is 23.9 Å². The number of rotatable bonds is 6. The van der Waals surface area contributed by atoms with Gasteiger partial charge in [-0.2, -0.15) is 0 Å². The van der Waals surface area contributed by atoms with Crippen LogP contribution in [-0.4, -0.2) is 46.8 Å². The SMILES string of the molecule is CC1=C(C(=O)OC(C)(C)C)C(c2cccc(Cl)c2)N2C(CC(=O)NCC3CCCO3)=CSC2=N1. The molecule has 1 amide bonds. The van der Waals surface area contributed by atoms with E-state index in [1.165, 1.54) is 11.8 Å². The average molecular weight is 504 g/mol. The number of amidine groups is 1.